The number of carboxylic acids is 1. The highest BCUT2D eigenvalue weighted by Gasteiger charge is 2.29. The predicted octanol–water partition coefficient (Wildman–Crippen LogP) is 2.52. The number of halogens is 2. The number of carbonyl (C=O) groups is 1. The van der Waals surface area contributed by atoms with E-state index in [1.807, 2.05) is 0 Å². The minimum absolute atomic E-state index is 0.118. The van der Waals surface area contributed by atoms with Crippen LogP contribution in [-0.2, 0) is 4.79 Å². The number of nitrogens with one attached hydrogen (secondary N) is 1. The topological polar surface area (TPSA) is 49.3 Å². The first-order valence-corrected chi connectivity index (χ1v) is 6.45. The fourth-order valence-electron chi connectivity index (χ4n) is 2.77. The summed E-state index contributed by atoms with van der Waals surface area (Å²) in [5, 5.41) is 12.2. The van der Waals surface area contributed by atoms with Gasteiger partial charge in [0.25, 0.3) is 0 Å². The van der Waals surface area contributed by atoms with Gasteiger partial charge in [0.1, 0.15) is 11.6 Å². The van der Waals surface area contributed by atoms with Gasteiger partial charge >= 0.3 is 5.97 Å². The van der Waals surface area contributed by atoms with E-state index in [0.717, 1.165) is 32.0 Å². The van der Waals surface area contributed by atoms with Crippen molar-refractivity contribution in [2.75, 3.05) is 13.1 Å². The first kappa shape index (κ1) is 13.9. The molecule has 19 heavy (non-hydrogen) atoms. The molecule has 0 saturated carbocycles. The Balaban J connectivity index is 2.27. The lowest BCUT2D eigenvalue weighted by Gasteiger charge is -2.30. The van der Waals surface area contributed by atoms with Crippen molar-refractivity contribution in [2.45, 2.75) is 25.2 Å². The van der Waals surface area contributed by atoms with Crippen LogP contribution in [0.25, 0.3) is 0 Å². The maximum Gasteiger partial charge on any atom is 0.303 e. The molecule has 0 bridgehead atoms. The van der Waals surface area contributed by atoms with Crippen LogP contribution in [0.5, 0.6) is 0 Å². The summed E-state index contributed by atoms with van der Waals surface area (Å²) < 4.78 is 26.8. The highest BCUT2D eigenvalue weighted by Crippen LogP contribution is 2.35. The Kier molecular flexibility index (Phi) is 4.47. The summed E-state index contributed by atoms with van der Waals surface area (Å²) in [7, 11) is 0. The number of piperidine rings is 1. The molecule has 1 heterocycles. The van der Waals surface area contributed by atoms with Gasteiger partial charge in [-0.2, -0.15) is 0 Å². The second-order valence-corrected chi connectivity index (χ2v) is 4.96. The van der Waals surface area contributed by atoms with Crippen LogP contribution in [-0.4, -0.2) is 24.2 Å². The summed E-state index contributed by atoms with van der Waals surface area (Å²) in [6, 6.07) is 3.39. The van der Waals surface area contributed by atoms with Crippen LogP contribution in [0.1, 0.15) is 30.7 Å². The minimum atomic E-state index is -0.952. The van der Waals surface area contributed by atoms with Gasteiger partial charge in [-0.05, 0) is 43.5 Å². The monoisotopic (exact) mass is 269 g/mol. The summed E-state index contributed by atoms with van der Waals surface area (Å²) in [6.07, 6.45) is 1.51. The third-order valence-electron chi connectivity index (χ3n) is 3.71. The minimum Gasteiger partial charge on any atom is -0.481 e. The van der Waals surface area contributed by atoms with E-state index in [-0.39, 0.29) is 18.3 Å². The van der Waals surface area contributed by atoms with Crippen molar-refractivity contribution >= 4 is 5.97 Å². The molecule has 104 valence electrons. The highest BCUT2D eigenvalue weighted by atomic mass is 19.1. The van der Waals surface area contributed by atoms with Gasteiger partial charge in [-0.15, -0.1) is 0 Å². The van der Waals surface area contributed by atoms with Crippen molar-refractivity contribution in [3.05, 3.63) is 35.4 Å². The zero-order valence-electron chi connectivity index (χ0n) is 10.5. The molecule has 1 aliphatic rings. The molecule has 1 aliphatic heterocycles. The van der Waals surface area contributed by atoms with E-state index in [4.69, 9.17) is 5.11 Å². The predicted molar refractivity (Wildman–Crippen MR) is 66.9 cm³/mol. The van der Waals surface area contributed by atoms with E-state index in [1.54, 1.807) is 0 Å². The molecule has 0 aromatic heterocycles. The van der Waals surface area contributed by atoms with Crippen LogP contribution in [0.15, 0.2) is 18.2 Å². The molecule has 0 spiro atoms. The van der Waals surface area contributed by atoms with Gasteiger partial charge in [0.05, 0.1) is 6.42 Å². The summed E-state index contributed by atoms with van der Waals surface area (Å²) in [4.78, 5) is 11.0. The van der Waals surface area contributed by atoms with Gasteiger partial charge in [-0.3, -0.25) is 4.79 Å². The average Bonchev–Trinajstić information content (AvgIpc) is 2.37. The molecule has 2 rings (SSSR count). The van der Waals surface area contributed by atoms with Crippen molar-refractivity contribution in [1.82, 2.24) is 5.32 Å². The number of benzene rings is 1. The van der Waals surface area contributed by atoms with Crippen molar-refractivity contribution in [3.63, 3.8) is 0 Å². The number of hydrogen-bond acceptors (Lipinski definition) is 2. The summed E-state index contributed by atoms with van der Waals surface area (Å²) in [5.74, 6) is -2.50. The van der Waals surface area contributed by atoms with Crippen LogP contribution >= 0.6 is 0 Å². The van der Waals surface area contributed by atoms with Crippen molar-refractivity contribution in [3.8, 4) is 0 Å². The largest absolute Gasteiger partial charge is 0.481 e. The Morgan fingerprint density at radius 3 is 2.63 bits per heavy atom. The number of hydrogen-bond donors (Lipinski definition) is 2. The molecule has 0 aliphatic carbocycles. The van der Waals surface area contributed by atoms with Gasteiger partial charge in [-0.25, -0.2) is 8.78 Å². The van der Waals surface area contributed by atoms with Crippen molar-refractivity contribution in [2.24, 2.45) is 5.92 Å². The lowest BCUT2D eigenvalue weighted by atomic mass is 9.78. The molecule has 1 saturated heterocycles. The number of carboxylic acid groups (broad SMARTS) is 1. The normalized spacial score (nSPS) is 18.2. The van der Waals surface area contributed by atoms with Gasteiger partial charge in [0, 0.05) is 12.0 Å². The van der Waals surface area contributed by atoms with E-state index in [2.05, 4.69) is 5.32 Å². The summed E-state index contributed by atoms with van der Waals surface area (Å²) in [6.45, 7) is 1.62. The van der Waals surface area contributed by atoms with Gasteiger partial charge < -0.3 is 10.4 Å². The smallest absolute Gasteiger partial charge is 0.303 e. The van der Waals surface area contributed by atoms with Gasteiger partial charge in [0.2, 0.25) is 0 Å². The van der Waals surface area contributed by atoms with Gasteiger partial charge in [-0.1, -0.05) is 6.07 Å². The zero-order chi connectivity index (χ0) is 13.8. The van der Waals surface area contributed by atoms with Crippen LogP contribution in [0.3, 0.4) is 0 Å². The third kappa shape index (κ3) is 3.50. The molecular formula is C14H17F2NO2. The molecule has 0 radical (unpaired) electrons. The summed E-state index contributed by atoms with van der Waals surface area (Å²) in [5.41, 5.74) is 0.315. The Morgan fingerprint density at radius 2 is 2.05 bits per heavy atom. The van der Waals surface area contributed by atoms with E-state index in [0.29, 0.717) is 5.56 Å². The first-order valence-electron chi connectivity index (χ1n) is 6.45. The molecule has 1 fully saturated rings. The standard InChI is InChI=1S/C14H17F2NO2/c15-10-1-2-11(13(16)7-10)12(8-14(18)19)9-3-5-17-6-4-9/h1-2,7,9,12,17H,3-6,8H2,(H,18,19). The number of aliphatic carboxylic acids is 1. The molecule has 1 unspecified atom stereocenters. The molecule has 3 nitrogen and oxygen atoms in total. The molecular weight excluding hydrogens is 252 g/mol. The maximum atomic E-state index is 13.9. The Bertz CT molecular complexity index is 459. The lowest BCUT2D eigenvalue weighted by Crippen LogP contribution is -2.32. The van der Waals surface area contributed by atoms with Crippen molar-refractivity contribution < 1.29 is 18.7 Å². The van der Waals surface area contributed by atoms with E-state index in [9.17, 15) is 13.6 Å². The quantitative estimate of drug-likeness (QED) is 0.883. The average molecular weight is 269 g/mol. The molecule has 5 heteroatoms. The van der Waals surface area contributed by atoms with Crippen LogP contribution in [0.4, 0.5) is 8.78 Å². The van der Waals surface area contributed by atoms with Crippen molar-refractivity contribution in [1.29, 1.82) is 0 Å². The van der Waals surface area contributed by atoms with E-state index >= 15 is 0 Å². The third-order valence-corrected chi connectivity index (χ3v) is 3.71. The Hall–Kier alpha value is -1.49. The second kappa shape index (κ2) is 6.10. The summed E-state index contributed by atoms with van der Waals surface area (Å²) >= 11 is 0. The van der Waals surface area contributed by atoms with E-state index < -0.39 is 17.6 Å². The fraction of sp³-hybridized carbons (Fsp3) is 0.500. The Morgan fingerprint density at radius 1 is 1.37 bits per heavy atom. The molecule has 1 atom stereocenters. The number of rotatable bonds is 4. The molecule has 1 aromatic rings. The lowest BCUT2D eigenvalue weighted by molar-refractivity contribution is -0.137. The molecule has 0 amide bonds. The van der Waals surface area contributed by atoms with Gasteiger partial charge in [0.15, 0.2) is 0 Å². The first-order chi connectivity index (χ1) is 9.08. The van der Waals surface area contributed by atoms with Crippen LogP contribution in [0.2, 0.25) is 0 Å². The highest BCUT2D eigenvalue weighted by molar-refractivity contribution is 5.68. The van der Waals surface area contributed by atoms with Crippen LogP contribution in [0, 0.1) is 17.6 Å². The Labute approximate surface area is 110 Å². The van der Waals surface area contributed by atoms with E-state index in [1.165, 1.54) is 12.1 Å². The maximum absolute atomic E-state index is 13.9. The zero-order valence-corrected chi connectivity index (χ0v) is 10.5. The van der Waals surface area contributed by atoms with Crippen LogP contribution < -0.4 is 5.32 Å². The molecule has 2 N–H and O–H groups in total. The SMILES string of the molecule is O=C(O)CC(c1ccc(F)cc1F)C1CCNCC1. The fourth-order valence-corrected chi connectivity index (χ4v) is 2.77. The second-order valence-electron chi connectivity index (χ2n) is 4.96. The molecule has 1 aromatic carbocycles.